The van der Waals surface area contributed by atoms with Gasteiger partial charge in [0.05, 0.1) is 12.1 Å². The molecule has 5 heteroatoms. The Morgan fingerprint density at radius 1 is 1.42 bits per heavy atom. The number of rotatable bonds is 6. The Hall–Kier alpha value is -2.30. The Morgan fingerprint density at radius 3 is 2.95 bits per heavy atom. The fraction of sp³-hybridized carbons (Fsp3) is 0.286. The molecule has 1 heterocycles. The molecule has 2 aromatic rings. The lowest BCUT2D eigenvalue weighted by Gasteiger charge is -2.06. The van der Waals surface area contributed by atoms with Gasteiger partial charge in [0, 0.05) is 12.1 Å². The summed E-state index contributed by atoms with van der Waals surface area (Å²) in [5, 5.41) is 11.7. The number of carboxylic acid groups (broad SMARTS) is 1. The van der Waals surface area contributed by atoms with E-state index in [-0.39, 0.29) is 6.42 Å². The average Bonchev–Trinajstić information content (AvgIpc) is 2.85. The SMILES string of the molecule is CCc1ccccc1Nc1nc(CCC(=O)O)co1. The van der Waals surface area contributed by atoms with Gasteiger partial charge in [0.15, 0.2) is 0 Å². The summed E-state index contributed by atoms with van der Waals surface area (Å²) >= 11 is 0. The molecule has 0 aliphatic heterocycles. The van der Waals surface area contributed by atoms with Crippen molar-refractivity contribution >= 4 is 17.7 Å². The number of aliphatic carboxylic acids is 1. The minimum Gasteiger partial charge on any atom is -0.481 e. The molecule has 0 fully saturated rings. The van der Waals surface area contributed by atoms with Crippen LogP contribution in [-0.4, -0.2) is 16.1 Å². The molecule has 2 N–H and O–H groups in total. The zero-order valence-corrected chi connectivity index (χ0v) is 10.7. The van der Waals surface area contributed by atoms with Gasteiger partial charge in [-0.05, 0) is 18.1 Å². The number of nitrogens with zero attached hydrogens (tertiary/aromatic N) is 1. The third kappa shape index (κ3) is 3.58. The Labute approximate surface area is 111 Å². The third-order valence-corrected chi connectivity index (χ3v) is 2.79. The van der Waals surface area contributed by atoms with Crippen LogP contribution in [0.3, 0.4) is 0 Å². The summed E-state index contributed by atoms with van der Waals surface area (Å²) < 4.78 is 5.29. The summed E-state index contributed by atoms with van der Waals surface area (Å²) in [5.41, 5.74) is 2.77. The molecule has 0 aliphatic rings. The van der Waals surface area contributed by atoms with Crippen molar-refractivity contribution < 1.29 is 14.3 Å². The highest BCUT2D eigenvalue weighted by Gasteiger charge is 2.07. The minimum absolute atomic E-state index is 0.0531. The van der Waals surface area contributed by atoms with E-state index in [1.165, 1.54) is 11.8 Å². The Balaban J connectivity index is 2.05. The van der Waals surface area contributed by atoms with Gasteiger partial charge in [-0.2, -0.15) is 4.98 Å². The van der Waals surface area contributed by atoms with Crippen LogP contribution >= 0.6 is 0 Å². The van der Waals surface area contributed by atoms with E-state index in [1.807, 2.05) is 24.3 Å². The van der Waals surface area contributed by atoms with Crippen LogP contribution in [0.5, 0.6) is 0 Å². The van der Waals surface area contributed by atoms with Gasteiger partial charge in [0.1, 0.15) is 6.26 Å². The highest BCUT2D eigenvalue weighted by molar-refractivity contribution is 5.67. The first kappa shape index (κ1) is 13.1. The number of anilines is 2. The Bertz CT molecular complexity index is 563. The van der Waals surface area contributed by atoms with Crippen LogP contribution < -0.4 is 5.32 Å². The van der Waals surface area contributed by atoms with Crippen LogP contribution in [0.4, 0.5) is 11.7 Å². The molecule has 0 atom stereocenters. The Morgan fingerprint density at radius 2 is 2.21 bits per heavy atom. The first-order valence-corrected chi connectivity index (χ1v) is 6.20. The maximum Gasteiger partial charge on any atom is 0.303 e. The number of hydrogen-bond acceptors (Lipinski definition) is 4. The van der Waals surface area contributed by atoms with Crippen molar-refractivity contribution in [2.75, 3.05) is 5.32 Å². The maximum absolute atomic E-state index is 10.5. The van der Waals surface area contributed by atoms with Crippen molar-refractivity contribution in [3.8, 4) is 0 Å². The number of benzene rings is 1. The molecule has 2 rings (SSSR count). The second kappa shape index (κ2) is 6.04. The summed E-state index contributed by atoms with van der Waals surface area (Å²) in [6, 6.07) is 8.31. The van der Waals surface area contributed by atoms with Crippen molar-refractivity contribution in [1.82, 2.24) is 4.98 Å². The summed E-state index contributed by atoms with van der Waals surface area (Å²) in [7, 11) is 0. The van der Waals surface area contributed by atoms with Crippen molar-refractivity contribution in [2.45, 2.75) is 26.2 Å². The van der Waals surface area contributed by atoms with Crippen molar-refractivity contribution in [3.05, 3.63) is 41.8 Å². The van der Waals surface area contributed by atoms with Crippen molar-refractivity contribution in [3.63, 3.8) is 0 Å². The molecule has 100 valence electrons. The highest BCUT2D eigenvalue weighted by atomic mass is 16.4. The zero-order chi connectivity index (χ0) is 13.7. The van der Waals surface area contributed by atoms with E-state index >= 15 is 0 Å². The normalized spacial score (nSPS) is 10.4. The number of aromatic nitrogens is 1. The smallest absolute Gasteiger partial charge is 0.303 e. The second-order valence-electron chi connectivity index (χ2n) is 4.17. The zero-order valence-electron chi connectivity index (χ0n) is 10.7. The van der Waals surface area contributed by atoms with Crippen LogP contribution in [0.25, 0.3) is 0 Å². The number of carbonyl (C=O) groups is 1. The average molecular weight is 260 g/mol. The molecule has 5 nitrogen and oxygen atoms in total. The second-order valence-corrected chi connectivity index (χ2v) is 4.17. The predicted octanol–water partition coefficient (Wildman–Crippen LogP) is 3.00. The number of aryl methyl sites for hydroxylation is 2. The van der Waals surface area contributed by atoms with Gasteiger partial charge in [-0.1, -0.05) is 25.1 Å². The predicted molar refractivity (Wildman–Crippen MR) is 71.6 cm³/mol. The number of carboxylic acids is 1. The van der Waals surface area contributed by atoms with E-state index in [0.717, 1.165) is 12.1 Å². The van der Waals surface area contributed by atoms with Crippen molar-refractivity contribution in [2.24, 2.45) is 0 Å². The number of para-hydroxylation sites is 1. The lowest BCUT2D eigenvalue weighted by atomic mass is 10.1. The quantitative estimate of drug-likeness (QED) is 0.835. The molecule has 0 spiro atoms. The van der Waals surface area contributed by atoms with Crippen LogP contribution in [0, 0.1) is 0 Å². The monoisotopic (exact) mass is 260 g/mol. The van der Waals surface area contributed by atoms with Gasteiger partial charge in [0.25, 0.3) is 6.01 Å². The van der Waals surface area contributed by atoms with Gasteiger partial charge in [-0.25, -0.2) is 0 Å². The Kier molecular flexibility index (Phi) is 4.18. The molecule has 19 heavy (non-hydrogen) atoms. The van der Waals surface area contributed by atoms with Crippen molar-refractivity contribution in [1.29, 1.82) is 0 Å². The summed E-state index contributed by atoms with van der Waals surface area (Å²) in [6.07, 6.45) is 2.82. The molecule has 0 unspecified atom stereocenters. The number of oxazole rings is 1. The molecular weight excluding hydrogens is 244 g/mol. The summed E-state index contributed by atoms with van der Waals surface area (Å²) in [4.78, 5) is 14.7. The molecule has 1 aromatic heterocycles. The number of hydrogen-bond donors (Lipinski definition) is 2. The highest BCUT2D eigenvalue weighted by Crippen LogP contribution is 2.21. The molecule has 0 saturated carbocycles. The topological polar surface area (TPSA) is 75.4 Å². The molecule has 0 bridgehead atoms. The number of nitrogens with one attached hydrogen (secondary N) is 1. The van der Waals surface area contributed by atoms with E-state index in [4.69, 9.17) is 9.52 Å². The van der Waals surface area contributed by atoms with E-state index in [9.17, 15) is 4.79 Å². The van der Waals surface area contributed by atoms with E-state index < -0.39 is 5.97 Å². The molecule has 0 saturated heterocycles. The van der Waals surface area contributed by atoms with Crippen LogP contribution in [0.15, 0.2) is 34.9 Å². The summed E-state index contributed by atoms with van der Waals surface area (Å²) in [6.45, 7) is 2.08. The molecular formula is C14H16N2O3. The van der Waals surface area contributed by atoms with Crippen LogP contribution in [0.1, 0.15) is 24.6 Å². The van der Waals surface area contributed by atoms with Gasteiger partial charge >= 0.3 is 5.97 Å². The minimum atomic E-state index is -0.839. The van der Waals surface area contributed by atoms with Gasteiger partial charge in [-0.3, -0.25) is 4.79 Å². The van der Waals surface area contributed by atoms with E-state index in [1.54, 1.807) is 0 Å². The first-order chi connectivity index (χ1) is 9.19. The molecule has 0 amide bonds. The molecule has 1 aromatic carbocycles. The van der Waals surface area contributed by atoms with Gasteiger partial charge in [-0.15, -0.1) is 0 Å². The first-order valence-electron chi connectivity index (χ1n) is 6.20. The maximum atomic E-state index is 10.5. The fourth-order valence-electron chi connectivity index (χ4n) is 1.78. The largest absolute Gasteiger partial charge is 0.481 e. The van der Waals surface area contributed by atoms with Crippen LogP contribution in [-0.2, 0) is 17.6 Å². The lowest BCUT2D eigenvalue weighted by molar-refractivity contribution is -0.136. The van der Waals surface area contributed by atoms with E-state index in [2.05, 4.69) is 17.2 Å². The molecule has 0 aliphatic carbocycles. The van der Waals surface area contributed by atoms with Gasteiger partial charge < -0.3 is 14.8 Å². The molecule has 0 radical (unpaired) electrons. The summed E-state index contributed by atoms with van der Waals surface area (Å²) in [5.74, 6) is -0.839. The standard InChI is InChI=1S/C14H16N2O3/c1-2-10-5-3-4-6-12(10)16-14-15-11(9-19-14)7-8-13(17)18/h3-6,9H,2,7-8H2,1H3,(H,15,16)(H,17,18). The lowest BCUT2D eigenvalue weighted by Crippen LogP contribution is -1.98. The fourth-order valence-corrected chi connectivity index (χ4v) is 1.78. The third-order valence-electron chi connectivity index (χ3n) is 2.79. The van der Waals surface area contributed by atoms with Gasteiger partial charge in [0.2, 0.25) is 0 Å². The van der Waals surface area contributed by atoms with E-state index in [0.29, 0.717) is 18.1 Å². The van der Waals surface area contributed by atoms with Crippen LogP contribution in [0.2, 0.25) is 0 Å².